The van der Waals surface area contributed by atoms with Crippen LogP contribution in [0.4, 0.5) is 0 Å². The van der Waals surface area contributed by atoms with E-state index in [1.54, 1.807) is 7.11 Å². The van der Waals surface area contributed by atoms with Gasteiger partial charge in [-0.05, 0) is 11.1 Å². The van der Waals surface area contributed by atoms with Crippen molar-refractivity contribution in [1.29, 1.82) is 0 Å². The van der Waals surface area contributed by atoms with Crippen molar-refractivity contribution < 1.29 is 4.74 Å². The number of hydrogen-bond donors (Lipinski definition) is 1. The molecule has 0 aliphatic carbocycles. The quantitative estimate of drug-likeness (QED) is 0.831. The van der Waals surface area contributed by atoms with Crippen molar-refractivity contribution in [3.05, 3.63) is 71.8 Å². The van der Waals surface area contributed by atoms with Crippen molar-refractivity contribution in [2.45, 2.75) is 11.6 Å². The van der Waals surface area contributed by atoms with Gasteiger partial charge in [0.25, 0.3) is 0 Å². The third-order valence-electron chi connectivity index (χ3n) is 3.63. The lowest BCUT2D eigenvalue weighted by Gasteiger charge is -2.33. The molecule has 0 amide bonds. The van der Waals surface area contributed by atoms with Crippen LogP contribution in [0.5, 0.6) is 0 Å². The maximum absolute atomic E-state index is 5.97. The van der Waals surface area contributed by atoms with Gasteiger partial charge < -0.3 is 10.1 Å². The Labute approximate surface area is 108 Å². The first-order valence-corrected chi connectivity index (χ1v) is 6.27. The maximum atomic E-state index is 5.97. The lowest BCUT2D eigenvalue weighted by atomic mass is 9.83. The summed E-state index contributed by atoms with van der Waals surface area (Å²) < 4.78 is 5.97. The van der Waals surface area contributed by atoms with Crippen molar-refractivity contribution in [3.8, 4) is 0 Å². The van der Waals surface area contributed by atoms with E-state index >= 15 is 0 Å². The Morgan fingerprint density at radius 1 is 0.944 bits per heavy atom. The van der Waals surface area contributed by atoms with Crippen molar-refractivity contribution in [2.24, 2.45) is 0 Å². The molecule has 0 radical (unpaired) electrons. The molecule has 1 aliphatic rings. The van der Waals surface area contributed by atoms with Gasteiger partial charge >= 0.3 is 0 Å². The number of ether oxygens (including phenoxy) is 1. The fraction of sp³-hybridized carbons (Fsp3) is 0.250. The highest BCUT2D eigenvalue weighted by atomic mass is 16.5. The van der Waals surface area contributed by atoms with Crippen LogP contribution in [0.1, 0.15) is 11.1 Å². The molecular weight excluding hydrogens is 222 g/mol. The summed E-state index contributed by atoms with van der Waals surface area (Å²) >= 11 is 0. The van der Waals surface area contributed by atoms with E-state index in [1.807, 2.05) is 12.1 Å². The third kappa shape index (κ3) is 1.74. The molecule has 1 fully saturated rings. The van der Waals surface area contributed by atoms with Gasteiger partial charge in [0.1, 0.15) is 5.60 Å². The molecule has 0 aromatic heterocycles. The molecule has 3 rings (SSSR count). The molecule has 1 heterocycles. The van der Waals surface area contributed by atoms with Gasteiger partial charge in [0.05, 0.1) is 6.04 Å². The molecule has 2 aromatic carbocycles. The average molecular weight is 239 g/mol. The van der Waals surface area contributed by atoms with Crippen molar-refractivity contribution in [1.82, 2.24) is 5.32 Å². The molecule has 0 unspecified atom stereocenters. The molecule has 1 saturated heterocycles. The minimum Gasteiger partial charge on any atom is -0.367 e. The van der Waals surface area contributed by atoms with E-state index in [1.165, 1.54) is 11.1 Å². The van der Waals surface area contributed by atoms with Crippen molar-refractivity contribution >= 4 is 0 Å². The van der Waals surface area contributed by atoms with Crippen LogP contribution in [0.3, 0.4) is 0 Å². The summed E-state index contributed by atoms with van der Waals surface area (Å²) in [7, 11) is 1.79. The van der Waals surface area contributed by atoms with E-state index in [9.17, 15) is 0 Å². The van der Waals surface area contributed by atoms with Crippen LogP contribution in [0.25, 0.3) is 0 Å². The van der Waals surface area contributed by atoms with Gasteiger partial charge in [-0.3, -0.25) is 0 Å². The molecule has 1 atom stereocenters. The second-order valence-corrected chi connectivity index (χ2v) is 4.63. The fourth-order valence-corrected chi connectivity index (χ4v) is 2.66. The molecule has 0 bridgehead atoms. The smallest absolute Gasteiger partial charge is 0.134 e. The molecule has 2 aromatic rings. The van der Waals surface area contributed by atoms with E-state index in [0.29, 0.717) is 6.04 Å². The number of methoxy groups -OCH3 is 1. The van der Waals surface area contributed by atoms with Crippen LogP contribution < -0.4 is 5.32 Å². The van der Waals surface area contributed by atoms with Crippen LogP contribution in [-0.4, -0.2) is 19.7 Å². The lowest BCUT2D eigenvalue weighted by Crippen LogP contribution is -2.37. The highest BCUT2D eigenvalue weighted by molar-refractivity contribution is 5.40. The molecule has 1 N–H and O–H groups in total. The predicted molar refractivity (Wildman–Crippen MR) is 72.5 cm³/mol. The summed E-state index contributed by atoms with van der Waals surface area (Å²) in [5.74, 6) is 0. The zero-order chi connectivity index (χ0) is 12.4. The molecule has 0 spiro atoms. The standard InChI is InChI=1S/C16H17NO/c1-18-16(15-12-17-15,13-8-4-2-5-9-13)14-10-6-3-7-11-14/h2-11,15,17H,12H2,1H3/t15-/m1/s1. The molecule has 2 nitrogen and oxygen atoms in total. The first-order valence-electron chi connectivity index (χ1n) is 6.27. The number of benzene rings is 2. The Hall–Kier alpha value is -1.64. The van der Waals surface area contributed by atoms with Crippen LogP contribution in [0, 0.1) is 0 Å². The van der Waals surface area contributed by atoms with Gasteiger partial charge in [-0.2, -0.15) is 0 Å². The van der Waals surface area contributed by atoms with Crippen LogP contribution in [0.15, 0.2) is 60.7 Å². The summed E-state index contributed by atoms with van der Waals surface area (Å²) in [6.07, 6.45) is 0. The summed E-state index contributed by atoms with van der Waals surface area (Å²) in [6.45, 7) is 0.998. The molecular formula is C16H17NO. The first kappa shape index (κ1) is 11.5. The molecule has 1 aliphatic heterocycles. The largest absolute Gasteiger partial charge is 0.367 e. The third-order valence-corrected chi connectivity index (χ3v) is 3.63. The second-order valence-electron chi connectivity index (χ2n) is 4.63. The van der Waals surface area contributed by atoms with E-state index < -0.39 is 0 Å². The maximum Gasteiger partial charge on any atom is 0.134 e. The minimum atomic E-state index is -0.372. The van der Waals surface area contributed by atoms with Crippen molar-refractivity contribution in [3.63, 3.8) is 0 Å². The summed E-state index contributed by atoms with van der Waals surface area (Å²) in [5.41, 5.74) is 2.03. The fourth-order valence-electron chi connectivity index (χ4n) is 2.66. The van der Waals surface area contributed by atoms with E-state index in [0.717, 1.165) is 6.54 Å². The molecule has 18 heavy (non-hydrogen) atoms. The number of rotatable bonds is 4. The SMILES string of the molecule is COC(c1ccccc1)(c1ccccc1)[C@H]1CN1. The van der Waals surface area contributed by atoms with Crippen LogP contribution in [-0.2, 0) is 10.3 Å². The molecule has 2 heteroatoms. The Kier molecular flexibility index (Phi) is 2.90. The Morgan fingerprint density at radius 2 is 1.39 bits per heavy atom. The van der Waals surface area contributed by atoms with Crippen LogP contribution in [0.2, 0.25) is 0 Å². The van der Waals surface area contributed by atoms with Gasteiger partial charge in [0, 0.05) is 13.7 Å². The van der Waals surface area contributed by atoms with Gasteiger partial charge in [-0.15, -0.1) is 0 Å². The summed E-state index contributed by atoms with van der Waals surface area (Å²) in [6, 6.07) is 21.2. The number of nitrogens with one attached hydrogen (secondary N) is 1. The minimum absolute atomic E-state index is 0.354. The summed E-state index contributed by atoms with van der Waals surface area (Å²) in [4.78, 5) is 0. The summed E-state index contributed by atoms with van der Waals surface area (Å²) in [5, 5.41) is 3.40. The average Bonchev–Trinajstić information content (AvgIpc) is 3.28. The van der Waals surface area contributed by atoms with E-state index in [2.05, 4.69) is 53.8 Å². The van der Waals surface area contributed by atoms with E-state index in [-0.39, 0.29) is 5.60 Å². The van der Waals surface area contributed by atoms with Crippen LogP contribution >= 0.6 is 0 Å². The first-order chi connectivity index (χ1) is 8.88. The topological polar surface area (TPSA) is 31.2 Å². The predicted octanol–water partition coefficient (Wildman–Crippen LogP) is 2.55. The monoisotopic (exact) mass is 239 g/mol. The lowest BCUT2D eigenvalue weighted by molar-refractivity contribution is 0.0210. The Balaban J connectivity index is 2.15. The van der Waals surface area contributed by atoms with Gasteiger partial charge in [-0.1, -0.05) is 60.7 Å². The van der Waals surface area contributed by atoms with Gasteiger partial charge in [0.2, 0.25) is 0 Å². The molecule has 92 valence electrons. The zero-order valence-electron chi connectivity index (χ0n) is 10.5. The Morgan fingerprint density at radius 3 is 1.72 bits per heavy atom. The second kappa shape index (κ2) is 4.56. The number of hydrogen-bond acceptors (Lipinski definition) is 2. The molecule has 0 saturated carbocycles. The normalized spacial score (nSPS) is 18.6. The zero-order valence-corrected chi connectivity index (χ0v) is 10.5. The van der Waals surface area contributed by atoms with E-state index in [4.69, 9.17) is 4.74 Å². The highest BCUT2D eigenvalue weighted by Gasteiger charge is 2.48. The van der Waals surface area contributed by atoms with Gasteiger partial charge in [-0.25, -0.2) is 0 Å². The highest BCUT2D eigenvalue weighted by Crippen LogP contribution is 2.39. The Bertz CT molecular complexity index is 466. The van der Waals surface area contributed by atoms with Crippen molar-refractivity contribution in [2.75, 3.05) is 13.7 Å². The van der Waals surface area contributed by atoms with Gasteiger partial charge in [0.15, 0.2) is 0 Å².